The first-order valence-corrected chi connectivity index (χ1v) is 4.06. The van der Waals surface area contributed by atoms with Gasteiger partial charge in [-0.25, -0.2) is 0 Å². The van der Waals surface area contributed by atoms with E-state index >= 15 is 0 Å². The van der Waals surface area contributed by atoms with Crippen LogP contribution in [0.2, 0.25) is 0 Å². The second-order valence-corrected chi connectivity index (χ2v) is 2.70. The standard InChI is InChI=1S/C8H14O4.Ba.2H/c9-7(10)5-3-1-2-4-6-8(11)12;;;/h1-6H2,(H,9,10)(H,11,12);;;. The number of unbranched alkanes of at least 4 members (excludes halogenated alkanes) is 3. The Kier molecular flexibility index (Phi) is 13.0. The van der Waals surface area contributed by atoms with E-state index in [0.717, 1.165) is 12.8 Å². The Bertz CT molecular complexity index is 140. The summed E-state index contributed by atoms with van der Waals surface area (Å²) in [7, 11) is 0. The normalized spacial score (nSPS) is 8.92. The van der Waals surface area contributed by atoms with Crippen LogP contribution in [0.1, 0.15) is 38.5 Å². The van der Waals surface area contributed by atoms with Crippen molar-refractivity contribution in [2.45, 2.75) is 38.5 Å². The molecule has 0 aliphatic rings. The van der Waals surface area contributed by atoms with Crippen LogP contribution in [-0.4, -0.2) is 71.0 Å². The topological polar surface area (TPSA) is 74.6 Å². The number of hydrogen-bond donors (Lipinski definition) is 2. The van der Waals surface area contributed by atoms with Crippen molar-refractivity contribution in [2.24, 2.45) is 0 Å². The fraction of sp³-hybridized carbons (Fsp3) is 0.750. The molecule has 0 aromatic carbocycles. The molecule has 0 saturated heterocycles. The van der Waals surface area contributed by atoms with Gasteiger partial charge in [0.15, 0.2) is 0 Å². The third-order valence-electron chi connectivity index (χ3n) is 1.53. The van der Waals surface area contributed by atoms with Gasteiger partial charge < -0.3 is 10.2 Å². The average Bonchev–Trinajstić information content (AvgIpc) is 1.95. The average molecular weight is 314 g/mol. The molecule has 0 fully saturated rings. The predicted molar refractivity (Wildman–Crippen MR) is 51.5 cm³/mol. The van der Waals surface area contributed by atoms with E-state index in [1.54, 1.807) is 0 Å². The van der Waals surface area contributed by atoms with E-state index in [1.807, 2.05) is 0 Å². The summed E-state index contributed by atoms with van der Waals surface area (Å²) in [6.07, 6.45) is 3.28. The molecular formula is C8H16BaO4. The number of hydrogen-bond acceptors (Lipinski definition) is 2. The van der Waals surface area contributed by atoms with Crippen LogP contribution in [0.4, 0.5) is 0 Å². The molecule has 0 spiro atoms. The summed E-state index contributed by atoms with van der Waals surface area (Å²) < 4.78 is 0. The van der Waals surface area contributed by atoms with E-state index in [-0.39, 0.29) is 61.7 Å². The summed E-state index contributed by atoms with van der Waals surface area (Å²) in [5.74, 6) is -1.57. The molecule has 0 radical (unpaired) electrons. The Morgan fingerprint density at radius 2 is 1.08 bits per heavy atom. The fourth-order valence-electron chi connectivity index (χ4n) is 0.906. The van der Waals surface area contributed by atoms with E-state index in [0.29, 0.717) is 12.8 Å². The molecule has 0 bridgehead atoms. The monoisotopic (exact) mass is 314 g/mol. The Labute approximate surface area is 118 Å². The number of carboxylic acid groups (broad SMARTS) is 2. The van der Waals surface area contributed by atoms with Crippen molar-refractivity contribution in [2.75, 3.05) is 0 Å². The Morgan fingerprint density at radius 1 is 0.769 bits per heavy atom. The molecule has 0 aromatic heterocycles. The van der Waals surface area contributed by atoms with Crippen LogP contribution in [0.25, 0.3) is 0 Å². The minimum absolute atomic E-state index is 0. The molecule has 0 amide bonds. The molecule has 5 heteroatoms. The Hall–Kier alpha value is 0.511. The number of rotatable bonds is 7. The van der Waals surface area contributed by atoms with Gasteiger partial charge in [0.05, 0.1) is 0 Å². The summed E-state index contributed by atoms with van der Waals surface area (Å²) in [5.41, 5.74) is 0. The second-order valence-electron chi connectivity index (χ2n) is 2.70. The molecule has 0 saturated carbocycles. The summed E-state index contributed by atoms with van der Waals surface area (Å²) in [5, 5.41) is 16.5. The van der Waals surface area contributed by atoms with Crippen molar-refractivity contribution in [1.29, 1.82) is 0 Å². The molecule has 4 nitrogen and oxygen atoms in total. The zero-order valence-corrected chi connectivity index (χ0v) is 6.95. The Morgan fingerprint density at radius 3 is 1.31 bits per heavy atom. The molecule has 0 aromatic rings. The van der Waals surface area contributed by atoms with Gasteiger partial charge in [0.25, 0.3) is 0 Å². The number of aliphatic carboxylic acids is 2. The van der Waals surface area contributed by atoms with Gasteiger partial charge in [-0.3, -0.25) is 9.59 Å². The van der Waals surface area contributed by atoms with Gasteiger partial charge in [0, 0.05) is 12.8 Å². The molecule has 0 aliphatic heterocycles. The van der Waals surface area contributed by atoms with Crippen molar-refractivity contribution >= 4 is 60.8 Å². The van der Waals surface area contributed by atoms with E-state index < -0.39 is 11.9 Å². The van der Waals surface area contributed by atoms with E-state index in [4.69, 9.17) is 10.2 Å². The first-order chi connectivity index (χ1) is 5.63. The predicted octanol–water partition coefficient (Wildman–Crippen LogP) is 0.580. The summed E-state index contributed by atoms with van der Waals surface area (Å²) in [4.78, 5) is 20.1. The van der Waals surface area contributed by atoms with Crippen molar-refractivity contribution in [1.82, 2.24) is 0 Å². The van der Waals surface area contributed by atoms with Crippen LogP contribution in [0.3, 0.4) is 0 Å². The number of carboxylic acids is 2. The molecule has 0 unspecified atom stereocenters. The van der Waals surface area contributed by atoms with E-state index in [2.05, 4.69) is 0 Å². The molecule has 0 heterocycles. The SMILES string of the molecule is O=C(O)CCCCCCC(=O)O.[BaH2]. The number of carbonyl (C=O) groups is 2. The van der Waals surface area contributed by atoms with Crippen molar-refractivity contribution < 1.29 is 19.8 Å². The van der Waals surface area contributed by atoms with E-state index in [9.17, 15) is 9.59 Å². The van der Waals surface area contributed by atoms with Crippen LogP contribution < -0.4 is 0 Å². The Balaban J connectivity index is 0. The van der Waals surface area contributed by atoms with Crippen molar-refractivity contribution in [3.8, 4) is 0 Å². The summed E-state index contributed by atoms with van der Waals surface area (Å²) in [6, 6.07) is 0. The quantitative estimate of drug-likeness (QED) is 0.532. The third kappa shape index (κ3) is 15.3. The molecule has 0 aliphatic carbocycles. The van der Waals surface area contributed by atoms with Crippen LogP contribution in [-0.2, 0) is 9.59 Å². The van der Waals surface area contributed by atoms with E-state index in [1.165, 1.54) is 0 Å². The summed E-state index contributed by atoms with van der Waals surface area (Å²) in [6.45, 7) is 0. The van der Waals surface area contributed by atoms with Crippen molar-refractivity contribution in [3.63, 3.8) is 0 Å². The van der Waals surface area contributed by atoms with Gasteiger partial charge in [-0.15, -0.1) is 0 Å². The molecular weight excluding hydrogens is 297 g/mol. The van der Waals surface area contributed by atoms with Gasteiger partial charge in [-0.05, 0) is 12.8 Å². The summed E-state index contributed by atoms with van der Waals surface area (Å²) >= 11 is 0. The fourth-order valence-corrected chi connectivity index (χ4v) is 0.906. The zero-order chi connectivity index (χ0) is 9.40. The maximum atomic E-state index is 10.0. The third-order valence-corrected chi connectivity index (χ3v) is 1.53. The van der Waals surface area contributed by atoms with Crippen molar-refractivity contribution in [3.05, 3.63) is 0 Å². The van der Waals surface area contributed by atoms with Crippen LogP contribution in [0.5, 0.6) is 0 Å². The van der Waals surface area contributed by atoms with Gasteiger partial charge in [-0.2, -0.15) is 0 Å². The zero-order valence-electron chi connectivity index (χ0n) is 6.95. The molecule has 2 N–H and O–H groups in total. The van der Waals surface area contributed by atoms with Crippen LogP contribution in [0, 0.1) is 0 Å². The maximum absolute atomic E-state index is 10.0. The van der Waals surface area contributed by atoms with Crippen LogP contribution in [0.15, 0.2) is 0 Å². The first-order valence-electron chi connectivity index (χ1n) is 4.06. The molecule has 74 valence electrons. The van der Waals surface area contributed by atoms with Gasteiger partial charge in [-0.1, -0.05) is 12.8 Å². The van der Waals surface area contributed by atoms with Gasteiger partial charge in [0.1, 0.15) is 0 Å². The molecule has 0 atom stereocenters. The van der Waals surface area contributed by atoms with Gasteiger partial charge in [0.2, 0.25) is 0 Å². The van der Waals surface area contributed by atoms with Crippen LogP contribution >= 0.6 is 0 Å². The minimum atomic E-state index is -0.784. The molecule has 13 heavy (non-hydrogen) atoms. The van der Waals surface area contributed by atoms with Gasteiger partial charge >= 0.3 is 60.8 Å². The molecule has 0 rings (SSSR count). The first kappa shape index (κ1) is 16.0. The second kappa shape index (κ2) is 10.6.